The van der Waals surface area contributed by atoms with E-state index < -0.39 is 10.2 Å². The van der Waals surface area contributed by atoms with Crippen molar-refractivity contribution in [3.63, 3.8) is 0 Å². The zero-order chi connectivity index (χ0) is 14.6. The van der Waals surface area contributed by atoms with E-state index in [1.54, 1.807) is 15.7 Å². The molecule has 1 aliphatic carbocycles. The molecule has 0 bridgehead atoms. The van der Waals surface area contributed by atoms with Crippen LogP contribution < -0.4 is 0 Å². The van der Waals surface area contributed by atoms with E-state index in [-0.39, 0.29) is 6.04 Å². The number of nitrogens with zero attached hydrogens (tertiary/aromatic N) is 3. The molecule has 1 saturated heterocycles. The largest absolute Gasteiger partial charge is 0.291 e. The third-order valence-corrected chi connectivity index (χ3v) is 6.44. The third kappa shape index (κ3) is 3.53. The van der Waals surface area contributed by atoms with Crippen LogP contribution in [0, 0.1) is 12.3 Å². The van der Waals surface area contributed by atoms with Crippen LogP contribution in [0.25, 0.3) is 0 Å². The van der Waals surface area contributed by atoms with Crippen molar-refractivity contribution in [3.8, 4) is 12.3 Å². The van der Waals surface area contributed by atoms with E-state index in [4.69, 9.17) is 6.42 Å². The maximum Gasteiger partial charge on any atom is 0.282 e. The number of hydrogen-bond donors (Lipinski definition) is 0. The lowest BCUT2D eigenvalue weighted by molar-refractivity contribution is 0.303. The van der Waals surface area contributed by atoms with Crippen LogP contribution in [0.5, 0.6) is 0 Å². The molecular weight excluding hydrogens is 274 g/mol. The summed E-state index contributed by atoms with van der Waals surface area (Å²) in [6, 6.07) is 0.185. The maximum atomic E-state index is 12.7. The molecule has 0 radical (unpaired) electrons. The molecule has 0 amide bonds. The van der Waals surface area contributed by atoms with Crippen molar-refractivity contribution in [1.82, 2.24) is 13.5 Å². The second-order valence-corrected chi connectivity index (χ2v) is 7.68. The molecule has 1 saturated carbocycles. The van der Waals surface area contributed by atoms with Gasteiger partial charge in [0.05, 0.1) is 6.54 Å². The van der Waals surface area contributed by atoms with Crippen LogP contribution in [0.4, 0.5) is 0 Å². The molecule has 0 unspecified atom stereocenters. The van der Waals surface area contributed by atoms with Crippen LogP contribution in [0.1, 0.15) is 32.1 Å². The predicted molar refractivity (Wildman–Crippen MR) is 80.4 cm³/mol. The van der Waals surface area contributed by atoms with Crippen molar-refractivity contribution < 1.29 is 8.42 Å². The van der Waals surface area contributed by atoms with Crippen molar-refractivity contribution in [2.75, 3.05) is 39.8 Å². The molecule has 0 atom stereocenters. The van der Waals surface area contributed by atoms with Crippen LogP contribution in [-0.2, 0) is 10.2 Å². The van der Waals surface area contributed by atoms with Gasteiger partial charge in [-0.2, -0.15) is 17.0 Å². The Labute approximate surface area is 123 Å². The fourth-order valence-corrected chi connectivity index (χ4v) is 4.73. The van der Waals surface area contributed by atoms with Crippen molar-refractivity contribution in [2.24, 2.45) is 0 Å². The first-order valence-corrected chi connectivity index (χ1v) is 8.84. The van der Waals surface area contributed by atoms with E-state index >= 15 is 0 Å². The summed E-state index contributed by atoms with van der Waals surface area (Å²) in [6.45, 7) is 3.35. The van der Waals surface area contributed by atoms with E-state index in [1.807, 2.05) is 0 Å². The maximum absolute atomic E-state index is 12.7. The molecule has 0 N–H and O–H groups in total. The predicted octanol–water partition coefficient (Wildman–Crippen LogP) is 0.747. The summed E-state index contributed by atoms with van der Waals surface area (Å²) in [6.07, 6.45) is 10.4. The number of hydrogen-bond acceptors (Lipinski definition) is 3. The fourth-order valence-electron chi connectivity index (χ4n) is 3.10. The van der Waals surface area contributed by atoms with Crippen molar-refractivity contribution >= 4 is 10.2 Å². The minimum atomic E-state index is -3.32. The van der Waals surface area contributed by atoms with Gasteiger partial charge in [0, 0.05) is 39.3 Å². The van der Waals surface area contributed by atoms with Crippen molar-refractivity contribution in [3.05, 3.63) is 0 Å². The smallest absolute Gasteiger partial charge is 0.282 e. The average Bonchev–Trinajstić information content (AvgIpc) is 2.85. The molecule has 2 rings (SSSR count). The number of terminal acetylenes is 1. The zero-order valence-electron chi connectivity index (χ0n) is 12.3. The van der Waals surface area contributed by atoms with E-state index in [1.165, 1.54) is 0 Å². The molecule has 114 valence electrons. The lowest BCUT2D eigenvalue weighted by atomic mass is 10.3. The highest BCUT2D eigenvalue weighted by Gasteiger charge is 2.34. The van der Waals surface area contributed by atoms with Crippen LogP contribution in [0.2, 0.25) is 0 Å². The van der Waals surface area contributed by atoms with Crippen molar-refractivity contribution in [2.45, 2.75) is 38.1 Å². The molecule has 2 fully saturated rings. The Morgan fingerprint density at radius 2 is 1.85 bits per heavy atom. The molecule has 20 heavy (non-hydrogen) atoms. The van der Waals surface area contributed by atoms with Gasteiger partial charge in [-0.25, -0.2) is 0 Å². The molecular formula is C14H25N3O2S. The van der Waals surface area contributed by atoms with Gasteiger partial charge in [0.25, 0.3) is 10.2 Å². The minimum Gasteiger partial charge on any atom is -0.291 e. The standard InChI is InChI=1S/C14H25N3O2S/c1-3-9-16-10-6-11-17(13-12-16)20(18,19)15(2)14-7-4-5-8-14/h1,14H,4-13H2,2H3. The Bertz CT molecular complexity index is 452. The highest BCUT2D eigenvalue weighted by Crippen LogP contribution is 2.25. The Hall–Kier alpha value is -0.610. The second-order valence-electron chi connectivity index (χ2n) is 5.70. The summed E-state index contributed by atoms with van der Waals surface area (Å²) in [4.78, 5) is 2.14. The first-order valence-electron chi connectivity index (χ1n) is 7.44. The summed E-state index contributed by atoms with van der Waals surface area (Å²) < 4.78 is 28.6. The van der Waals surface area contributed by atoms with Gasteiger partial charge >= 0.3 is 0 Å². The normalized spacial score (nSPS) is 23.9. The molecule has 6 heteroatoms. The summed E-state index contributed by atoms with van der Waals surface area (Å²) in [5, 5.41) is 0. The SMILES string of the molecule is C#CCN1CCCN(S(=O)(=O)N(C)C2CCCC2)CC1. The van der Waals surface area contributed by atoms with E-state index in [9.17, 15) is 8.42 Å². The van der Waals surface area contributed by atoms with Gasteiger partial charge < -0.3 is 0 Å². The van der Waals surface area contributed by atoms with Gasteiger partial charge in [0.15, 0.2) is 0 Å². The molecule has 0 aromatic carbocycles. The first kappa shape index (κ1) is 15.8. The molecule has 0 spiro atoms. The molecule has 5 nitrogen and oxygen atoms in total. The molecule has 0 aromatic heterocycles. The Balaban J connectivity index is 2.00. The Morgan fingerprint density at radius 3 is 2.50 bits per heavy atom. The monoisotopic (exact) mass is 299 g/mol. The molecule has 0 aromatic rings. The van der Waals surface area contributed by atoms with E-state index in [0.717, 1.165) is 45.2 Å². The highest BCUT2D eigenvalue weighted by atomic mass is 32.2. The van der Waals surface area contributed by atoms with E-state index in [0.29, 0.717) is 19.6 Å². The topological polar surface area (TPSA) is 43.9 Å². The van der Waals surface area contributed by atoms with Crippen LogP contribution in [-0.4, -0.2) is 67.7 Å². The zero-order valence-corrected chi connectivity index (χ0v) is 13.1. The average molecular weight is 299 g/mol. The van der Waals surface area contributed by atoms with Gasteiger partial charge in [-0.15, -0.1) is 6.42 Å². The van der Waals surface area contributed by atoms with E-state index in [2.05, 4.69) is 10.8 Å². The third-order valence-electron chi connectivity index (χ3n) is 4.39. The van der Waals surface area contributed by atoms with Gasteiger partial charge in [-0.3, -0.25) is 4.90 Å². The summed E-state index contributed by atoms with van der Waals surface area (Å²) in [5.74, 6) is 2.63. The Kier molecular flexibility index (Phi) is 5.44. The summed E-state index contributed by atoms with van der Waals surface area (Å²) in [5.41, 5.74) is 0. The molecule has 1 heterocycles. The fraction of sp³-hybridized carbons (Fsp3) is 0.857. The summed E-state index contributed by atoms with van der Waals surface area (Å²) >= 11 is 0. The van der Waals surface area contributed by atoms with Gasteiger partial charge in [0.1, 0.15) is 0 Å². The summed E-state index contributed by atoms with van der Waals surface area (Å²) in [7, 11) is -1.59. The van der Waals surface area contributed by atoms with Crippen LogP contribution in [0.15, 0.2) is 0 Å². The minimum absolute atomic E-state index is 0.185. The first-order chi connectivity index (χ1) is 9.55. The number of rotatable bonds is 4. The second kappa shape index (κ2) is 6.90. The quantitative estimate of drug-likeness (QED) is 0.720. The van der Waals surface area contributed by atoms with Gasteiger partial charge in [-0.05, 0) is 19.3 Å². The lowest BCUT2D eigenvalue weighted by Gasteiger charge is -2.30. The Morgan fingerprint density at radius 1 is 1.15 bits per heavy atom. The molecule has 1 aliphatic heterocycles. The highest BCUT2D eigenvalue weighted by molar-refractivity contribution is 7.86. The molecule has 2 aliphatic rings. The lowest BCUT2D eigenvalue weighted by Crippen LogP contribution is -2.47. The van der Waals surface area contributed by atoms with Crippen LogP contribution in [0.3, 0.4) is 0 Å². The van der Waals surface area contributed by atoms with Crippen LogP contribution >= 0.6 is 0 Å². The van der Waals surface area contributed by atoms with Crippen molar-refractivity contribution in [1.29, 1.82) is 0 Å². The van der Waals surface area contributed by atoms with Gasteiger partial charge in [-0.1, -0.05) is 18.8 Å². The van der Waals surface area contributed by atoms with Gasteiger partial charge in [0.2, 0.25) is 0 Å².